The molecule has 1 rings (SSSR count). The number of halogens is 4. The third-order valence-electron chi connectivity index (χ3n) is 2.47. The normalized spacial score (nSPS) is 37.9. The largest absolute Gasteiger partial charge is 0.395 e. The van der Waals surface area contributed by atoms with Gasteiger partial charge in [0.2, 0.25) is 0 Å². The first-order valence-electron chi connectivity index (χ1n) is 3.53. The van der Waals surface area contributed by atoms with Crippen molar-refractivity contribution in [1.29, 1.82) is 0 Å². The summed E-state index contributed by atoms with van der Waals surface area (Å²) in [4.78, 5) is -0.366. The maximum Gasteiger partial charge on any atom is 0.395 e. The first kappa shape index (κ1) is 9.36. The summed E-state index contributed by atoms with van der Waals surface area (Å²) in [6.45, 7) is 3.24. The van der Waals surface area contributed by atoms with Crippen molar-refractivity contribution in [2.45, 2.75) is 31.3 Å². The molecule has 0 N–H and O–H groups in total. The highest BCUT2D eigenvalue weighted by molar-refractivity contribution is 9.09. The highest BCUT2D eigenvalue weighted by atomic mass is 79.9. The first-order chi connectivity index (χ1) is 4.82. The minimum absolute atomic E-state index is 0.230. The van der Waals surface area contributed by atoms with E-state index in [9.17, 15) is 13.2 Å². The van der Waals surface area contributed by atoms with E-state index in [1.54, 1.807) is 13.8 Å². The van der Waals surface area contributed by atoms with Crippen LogP contribution in [0.2, 0.25) is 0 Å². The van der Waals surface area contributed by atoms with Gasteiger partial charge in [0, 0.05) is 4.83 Å². The van der Waals surface area contributed by atoms with Gasteiger partial charge in [-0.3, -0.25) is 0 Å². The molecule has 0 aromatic rings. The third kappa shape index (κ3) is 1.19. The summed E-state index contributed by atoms with van der Waals surface area (Å²) < 4.78 is 37.1. The Morgan fingerprint density at radius 2 is 1.82 bits per heavy atom. The SMILES string of the molecule is CC(C)C1(C(F)(F)F)CC1Br. The molecule has 0 bridgehead atoms. The second kappa shape index (κ2) is 2.38. The van der Waals surface area contributed by atoms with Crippen molar-refractivity contribution in [1.82, 2.24) is 0 Å². The summed E-state index contributed by atoms with van der Waals surface area (Å²) in [5, 5.41) is 0. The molecule has 1 aliphatic carbocycles. The Labute approximate surface area is 72.3 Å². The van der Waals surface area contributed by atoms with Crippen LogP contribution in [-0.2, 0) is 0 Å². The van der Waals surface area contributed by atoms with E-state index in [1.807, 2.05) is 0 Å². The molecular weight excluding hydrogens is 221 g/mol. The predicted molar refractivity (Wildman–Crippen MR) is 40.7 cm³/mol. The highest BCUT2D eigenvalue weighted by Gasteiger charge is 2.71. The Balaban J connectivity index is 2.80. The molecule has 4 heteroatoms. The minimum atomic E-state index is -4.05. The lowest BCUT2D eigenvalue weighted by molar-refractivity contribution is -0.198. The molecule has 0 radical (unpaired) electrons. The smallest absolute Gasteiger partial charge is 0.170 e. The zero-order valence-electron chi connectivity index (χ0n) is 6.37. The molecule has 0 nitrogen and oxygen atoms in total. The zero-order chi connectivity index (χ0) is 8.86. The van der Waals surface area contributed by atoms with Crippen molar-refractivity contribution in [2.24, 2.45) is 11.3 Å². The van der Waals surface area contributed by atoms with Crippen LogP contribution in [0, 0.1) is 11.3 Å². The number of alkyl halides is 4. The fraction of sp³-hybridized carbons (Fsp3) is 1.00. The lowest BCUT2D eigenvalue weighted by Crippen LogP contribution is -2.31. The molecular formula is C7H10BrF3. The lowest BCUT2D eigenvalue weighted by atomic mass is 9.92. The van der Waals surface area contributed by atoms with Gasteiger partial charge in [-0.1, -0.05) is 29.8 Å². The maximum absolute atomic E-state index is 12.4. The van der Waals surface area contributed by atoms with Crippen molar-refractivity contribution in [3.8, 4) is 0 Å². The van der Waals surface area contributed by atoms with Crippen LogP contribution in [-0.4, -0.2) is 11.0 Å². The molecule has 0 aromatic heterocycles. The summed E-state index contributed by atoms with van der Waals surface area (Å²) in [5.74, 6) is -0.327. The van der Waals surface area contributed by atoms with E-state index in [2.05, 4.69) is 15.9 Å². The maximum atomic E-state index is 12.4. The average Bonchev–Trinajstić information content (AvgIpc) is 2.39. The van der Waals surface area contributed by atoms with Gasteiger partial charge in [-0.05, 0) is 12.3 Å². The van der Waals surface area contributed by atoms with Crippen LogP contribution in [0.5, 0.6) is 0 Å². The number of hydrogen-bond donors (Lipinski definition) is 0. The van der Waals surface area contributed by atoms with Gasteiger partial charge >= 0.3 is 6.18 Å². The van der Waals surface area contributed by atoms with Gasteiger partial charge in [-0.15, -0.1) is 0 Å². The molecule has 0 spiro atoms. The van der Waals surface area contributed by atoms with Crippen molar-refractivity contribution in [3.63, 3.8) is 0 Å². The van der Waals surface area contributed by atoms with Crippen molar-refractivity contribution < 1.29 is 13.2 Å². The van der Waals surface area contributed by atoms with E-state index in [4.69, 9.17) is 0 Å². The fourth-order valence-electron chi connectivity index (χ4n) is 1.46. The average molecular weight is 231 g/mol. The Morgan fingerprint density at radius 1 is 1.45 bits per heavy atom. The molecule has 2 unspecified atom stereocenters. The molecule has 1 aliphatic rings. The van der Waals surface area contributed by atoms with E-state index >= 15 is 0 Å². The molecule has 1 fully saturated rings. The molecule has 11 heavy (non-hydrogen) atoms. The van der Waals surface area contributed by atoms with Crippen LogP contribution in [0.3, 0.4) is 0 Å². The first-order valence-corrected chi connectivity index (χ1v) is 4.44. The molecule has 0 saturated heterocycles. The van der Waals surface area contributed by atoms with Gasteiger partial charge in [0.15, 0.2) is 0 Å². The fourth-order valence-corrected chi connectivity index (χ4v) is 2.78. The zero-order valence-corrected chi connectivity index (χ0v) is 7.96. The monoisotopic (exact) mass is 230 g/mol. The molecule has 1 saturated carbocycles. The highest BCUT2D eigenvalue weighted by Crippen LogP contribution is 2.65. The van der Waals surface area contributed by atoms with Crippen LogP contribution in [0.4, 0.5) is 13.2 Å². The van der Waals surface area contributed by atoms with Gasteiger partial charge in [0.25, 0.3) is 0 Å². The van der Waals surface area contributed by atoms with Crippen molar-refractivity contribution in [3.05, 3.63) is 0 Å². The van der Waals surface area contributed by atoms with E-state index in [-0.39, 0.29) is 17.2 Å². The van der Waals surface area contributed by atoms with E-state index in [0.717, 1.165) is 0 Å². The minimum Gasteiger partial charge on any atom is -0.170 e. The van der Waals surface area contributed by atoms with Gasteiger partial charge in [-0.25, -0.2) is 0 Å². The Bertz CT molecular complexity index is 164. The van der Waals surface area contributed by atoms with Crippen LogP contribution >= 0.6 is 15.9 Å². The van der Waals surface area contributed by atoms with Gasteiger partial charge in [-0.2, -0.15) is 13.2 Å². The molecule has 0 aliphatic heterocycles. The molecule has 0 amide bonds. The Morgan fingerprint density at radius 3 is 1.82 bits per heavy atom. The Kier molecular flexibility index (Phi) is 2.02. The molecule has 0 aromatic carbocycles. The van der Waals surface area contributed by atoms with E-state index < -0.39 is 11.6 Å². The number of rotatable bonds is 1. The van der Waals surface area contributed by atoms with Gasteiger partial charge in [0.1, 0.15) is 0 Å². The molecule has 2 atom stereocenters. The molecule has 0 heterocycles. The van der Waals surface area contributed by atoms with E-state index in [0.29, 0.717) is 0 Å². The van der Waals surface area contributed by atoms with Gasteiger partial charge in [0.05, 0.1) is 5.41 Å². The quantitative estimate of drug-likeness (QED) is 0.607. The van der Waals surface area contributed by atoms with Crippen molar-refractivity contribution >= 4 is 15.9 Å². The second-order valence-electron chi connectivity index (χ2n) is 3.36. The predicted octanol–water partition coefficient (Wildman–Crippen LogP) is 3.36. The lowest BCUT2D eigenvalue weighted by Gasteiger charge is -2.23. The van der Waals surface area contributed by atoms with Crippen molar-refractivity contribution in [2.75, 3.05) is 0 Å². The third-order valence-corrected chi connectivity index (χ3v) is 3.61. The van der Waals surface area contributed by atoms with Crippen LogP contribution < -0.4 is 0 Å². The van der Waals surface area contributed by atoms with Crippen LogP contribution in [0.15, 0.2) is 0 Å². The molecule has 66 valence electrons. The second-order valence-corrected chi connectivity index (χ2v) is 4.47. The van der Waals surface area contributed by atoms with E-state index in [1.165, 1.54) is 0 Å². The summed E-state index contributed by atoms with van der Waals surface area (Å²) >= 11 is 3.02. The summed E-state index contributed by atoms with van der Waals surface area (Å²) in [5.41, 5.74) is -1.44. The summed E-state index contributed by atoms with van der Waals surface area (Å²) in [7, 11) is 0. The van der Waals surface area contributed by atoms with Gasteiger partial charge < -0.3 is 0 Å². The van der Waals surface area contributed by atoms with Crippen LogP contribution in [0.1, 0.15) is 20.3 Å². The standard InChI is InChI=1S/C7H10BrF3/c1-4(2)6(3-5(6)8)7(9,10)11/h4-5H,3H2,1-2H3. The summed E-state index contributed by atoms with van der Waals surface area (Å²) in [6.07, 6.45) is -3.82. The van der Waals surface area contributed by atoms with Crippen LogP contribution in [0.25, 0.3) is 0 Å². The summed E-state index contributed by atoms with van der Waals surface area (Å²) in [6, 6.07) is 0. The topological polar surface area (TPSA) is 0 Å². The Hall–Kier alpha value is 0.270. The number of hydrogen-bond acceptors (Lipinski definition) is 0.